The fourth-order valence-corrected chi connectivity index (χ4v) is 5.89. The molecular weight excluding hydrogens is 572 g/mol. The topological polar surface area (TPSA) is 216 Å². The molecule has 18 heteroatoms. The number of carboxylic acids is 1. The lowest BCUT2D eigenvalue weighted by Gasteiger charge is -2.50. The Balaban J connectivity index is 2.14. The normalized spacial score (nSPS) is 20.4. The van der Waals surface area contributed by atoms with Crippen molar-refractivity contribution in [2.45, 2.75) is 56.4 Å². The summed E-state index contributed by atoms with van der Waals surface area (Å²) in [5.41, 5.74) is -1.65. The van der Waals surface area contributed by atoms with E-state index in [-0.39, 0.29) is 22.9 Å². The van der Waals surface area contributed by atoms with E-state index in [0.717, 1.165) is 22.9 Å². The van der Waals surface area contributed by atoms with Crippen molar-refractivity contribution in [2.24, 2.45) is 5.16 Å². The number of Topliss-reactive ketones (excluding diaryl/α,β-unsaturated/α-hetero) is 1. The number of carboxylic acid groups (broad SMARTS) is 1. The van der Waals surface area contributed by atoms with Crippen molar-refractivity contribution in [3.05, 3.63) is 17.1 Å². The number of hydrogen-bond acceptors (Lipinski definition) is 14. The van der Waals surface area contributed by atoms with Gasteiger partial charge in [-0.3, -0.25) is 29.4 Å². The molecule has 1 aromatic heterocycles. The quantitative estimate of drug-likeness (QED) is 0.113. The molecule has 3 amide bonds. The molecule has 0 bridgehead atoms. The number of aromatic nitrogens is 2. The highest BCUT2D eigenvalue weighted by Crippen LogP contribution is 2.53. The minimum atomic E-state index is -1.92. The van der Waals surface area contributed by atoms with Crippen LogP contribution in [0.1, 0.15) is 46.4 Å². The molecule has 216 valence electrons. The van der Waals surface area contributed by atoms with Crippen LogP contribution in [0.5, 0.6) is 0 Å². The van der Waals surface area contributed by atoms with Crippen LogP contribution in [0.15, 0.2) is 16.4 Å². The Bertz CT molecular complexity index is 1300. The summed E-state index contributed by atoms with van der Waals surface area (Å²) in [7, 11) is 1.20. The van der Waals surface area contributed by atoms with Gasteiger partial charge in [-0.15, -0.1) is 0 Å². The number of rotatable bonds is 10. The standard InChI is InChI=1S/C22H26N6O10S2/c1-10(29)6-15(32)37-9-11-16(17(33)34)28-13(31)7-14(28)39-22(11,26-12(30)8-23-36-5)18-24-19(40-27-18)25-20(35)38-21(2,3)4/h8,14H,6-7,9H2,1-5H3,(H,26,30)(H,33,34)(H,24,25,27,35)/b23-8-/t14-,22?/m1/s1. The van der Waals surface area contributed by atoms with Crippen LogP contribution < -0.4 is 10.6 Å². The third kappa shape index (κ3) is 6.92. The van der Waals surface area contributed by atoms with Crippen molar-refractivity contribution < 1.29 is 48.2 Å². The van der Waals surface area contributed by atoms with E-state index in [1.807, 2.05) is 0 Å². The van der Waals surface area contributed by atoms with E-state index in [9.17, 15) is 33.9 Å². The van der Waals surface area contributed by atoms with Crippen molar-refractivity contribution in [3.63, 3.8) is 0 Å². The van der Waals surface area contributed by atoms with Gasteiger partial charge in [0.05, 0.1) is 11.8 Å². The number of ether oxygens (including phenoxy) is 2. The van der Waals surface area contributed by atoms with E-state index in [2.05, 4.69) is 30.0 Å². The molecule has 3 heterocycles. The molecule has 16 nitrogen and oxygen atoms in total. The van der Waals surface area contributed by atoms with Gasteiger partial charge < -0.3 is 24.7 Å². The van der Waals surface area contributed by atoms with E-state index in [4.69, 9.17) is 9.47 Å². The number of thioether (sulfide) groups is 1. The SMILES string of the molecule is CO/N=C\C(=O)NC1(c2nsc(NC(=O)OC(C)(C)C)n2)S[C@@H]2CC(=O)N2C(C(=O)O)=C1COC(=O)CC(C)=O. The highest BCUT2D eigenvalue weighted by Gasteiger charge is 2.58. The Labute approximate surface area is 235 Å². The number of amides is 3. The lowest BCUT2D eigenvalue weighted by molar-refractivity contribution is -0.147. The molecule has 1 fully saturated rings. The first-order valence-electron chi connectivity index (χ1n) is 11.5. The smallest absolute Gasteiger partial charge is 0.414 e. The van der Waals surface area contributed by atoms with E-state index in [0.29, 0.717) is 11.5 Å². The van der Waals surface area contributed by atoms with Gasteiger partial charge in [0.1, 0.15) is 43.4 Å². The molecule has 1 saturated heterocycles. The average molecular weight is 599 g/mol. The molecule has 0 saturated carbocycles. The first-order chi connectivity index (χ1) is 18.7. The second kappa shape index (κ2) is 12.0. The number of ketones is 1. The molecular formula is C22H26N6O10S2. The number of nitrogens with one attached hydrogen (secondary N) is 2. The van der Waals surface area contributed by atoms with E-state index in [1.54, 1.807) is 20.8 Å². The molecule has 2 aliphatic rings. The summed E-state index contributed by atoms with van der Waals surface area (Å²) in [6.45, 7) is 5.39. The predicted octanol–water partition coefficient (Wildman–Crippen LogP) is 0.952. The fraction of sp³-hybridized carbons (Fsp3) is 0.500. The van der Waals surface area contributed by atoms with Gasteiger partial charge in [-0.25, -0.2) is 9.59 Å². The number of hydrogen-bond donors (Lipinski definition) is 3. The summed E-state index contributed by atoms with van der Waals surface area (Å²) in [4.78, 5) is 81.5. The summed E-state index contributed by atoms with van der Waals surface area (Å²) < 4.78 is 14.7. The monoisotopic (exact) mass is 598 g/mol. The number of anilines is 1. The molecule has 0 aliphatic carbocycles. The maximum atomic E-state index is 12.9. The molecule has 2 atom stereocenters. The van der Waals surface area contributed by atoms with Crippen molar-refractivity contribution in [3.8, 4) is 0 Å². The zero-order chi connectivity index (χ0) is 29.8. The Morgan fingerprint density at radius 3 is 2.55 bits per heavy atom. The van der Waals surface area contributed by atoms with Crippen LogP contribution in [0.2, 0.25) is 0 Å². The van der Waals surface area contributed by atoms with Gasteiger partial charge in [-0.05, 0) is 27.7 Å². The molecule has 3 N–H and O–H groups in total. The Kier molecular flexibility index (Phi) is 9.14. The first-order valence-corrected chi connectivity index (χ1v) is 13.2. The minimum Gasteiger partial charge on any atom is -0.477 e. The summed E-state index contributed by atoms with van der Waals surface area (Å²) in [5, 5.41) is 17.7. The molecule has 2 aliphatic heterocycles. The maximum Gasteiger partial charge on any atom is 0.414 e. The van der Waals surface area contributed by atoms with Crippen LogP contribution in [0.4, 0.5) is 9.93 Å². The van der Waals surface area contributed by atoms with Gasteiger partial charge in [0.15, 0.2) is 10.7 Å². The van der Waals surface area contributed by atoms with Gasteiger partial charge in [-0.2, -0.15) is 9.36 Å². The summed E-state index contributed by atoms with van der Waals surface area (Å²) in [6, 6.07) is 0. The van der Waals surface area contributed by atoms with Crippen molar-refractivity contribution in [1.82, 2.24) is 19.6 Å². The second-order valence-corrected chi connectivity index (χ2v) is 11.5. The number of β-lactam (4-membered cyclic amide) rings is 1. The highest BCUT2D eigenvalue weighted by atomic mass is 32.2. The van der Waals surface area contributed by atoms with Gasteiger partial charge in [0.25, 0.3) is 5.91 Å². The second-order valence-electron chi connectivity index (χ2n) is 9.35. The van der Waals surface area contributed by atoms with Crippen LogP contribution in [0.3, 0.4) is 0 Å². The van der Waals surface area contributed by atoms with Gasteiger partial charge in [0.2, 0.25) is 11.0 Å². The third-order valence-electron chi connectivity index (χ3n) is 5.07. The molecule has 1 unspecified atom stereocenters. The van der Waals surface area contributed by atoms with Crippen LogP contribution in [0.25, 0.3) is 0 Å². The number of fused-ring (bicyclic) bond motifs is 1. The van der Waals surface area contributed by atoms with Gasteiger partial charge in [-0.1, -0.05) is 16.9 Å². The van der Waals surface area contributed by atoms with Crippen LogP contribution >= 0.6 is 23.3 Å². The number of aliphatic carboxylic acids is 1. The Morgan fingerprint density at radius 1 is 1.27 bits per heavy atom. The lowest BCUT2D eigenvalue weighted by Crippen LogP contribution is -2.61. The van der Waals surface area contributed by atoms with Crippen LogP contribution in [0, 0.1) is 0 Å². The average Bonchev–Trinajstić information content (AvgIpc) is 3.28. The zero-order valence-electron chi connectivity index (χ0n) is 22.0. The molecule has 40 heavy (non-hydrogen) atoms. The molecule has 0 radical (unpaired) electrons. The predicted molar refractivity (Wildman–Crippen MR) is 139 cm³/mol. The van der Waals surface area contributed by atoms with Gasteiger partial charge >= 0.3 is 18.0 Å². The number of carbonyl (C=O) groups is 6. The largest absolute Gasteiger partial charge is 0.477 e. The zero-order valence-corrected chi connectivity index (χ0v) is 23.6. The Morgan fingerprint density at radius 2 is 1.98 bits per heavy atom. The lowest BCUT2D eigenvalue weighted by atomic mass is 9.99. The number of esters is 1. The fourth-order valence-electron chi connectivity index (χ4n) is 3.61. The third-order valence-corrected chi connectivity index (χ3v) is 7.23. The minimum absolute atomic E-state index is 0.0547. The Hall–Kier alpha value is -4.06. The van der Waals surface area contributed by atoms with Crippen molar-refractivity contribution >= 4 is 70.3 Å². The van der Waals surface area contributed by atoms with E-state index in [1.165, 1.54) is 14.0 Å². The first kappa shape index (κ1) is 30.5. The summed E-state index contributed by atoms with van der Waals surface area (Å²) in [5.74, 6) is -4.59. The van der Waals surface area contributed by atoms with E-state index < -0.39 is 70.2 Å². The molecule has 3 rings (SSSR count). The number of nitrogens with zero attached hydrogens (tertiary/aromatic N) is 4. The number of carbonyl (C=O) groups excluding carboxylic acids is 5. The van der Waals surface area contributed by atoms with Gasteiger partial charge in [0, 0.05) is 17.1 Å². The van der Waals surface area contributed by atoms with E-state index >= 15 is 0 Å². The van der Waals surface area contributed by atoms with Crippen molar-refractivity contribution in [1.29, 1.82) is 0 Å². The number of oxime groups is 1. The molecule has 0 spiro atoms. The summed E-state index contributed by atoms with van der Waals surface area (Å²) in [6.07, 6.45) is -0.734. The molecule has 1 aromatic rings. The summed E-state index contributed by atoms with van der Waals surface area (Å²) >= 11 is 1.62. The highest BCUT2D eigenvalue weighted by molar-refractivity contribution is 8.01. The van der Waals surface area contributed by atoms with Crippen LogP contribution in [-0.4, -0.2) is 85.9 Å². The maximum absolute atomic E-state index is 12.9. The van der Waals surface area contributed by atoms with Crippen molar-refractivity contribution in [2.75, 3.05) is 19.0 Å². The van der Waals surface area contributed by atoms with Crippen LogP contribution in [-0.2, 0) is 43.2 Å². The molecule has 0 aromatic carbocycles.